The number of halogens is 1. The molecule has 4 aromatic rings. The van der Waals surface area contributed by atoms with Crippen molar-refractivity contribution >= 4 is 23.1 Å². The first-order chi connectivity index (χ1) is 15.0. The first-order valence-electron chi connectivity index (χ1n) is 9.52. The van der Waals surface area contributed by atoms with E-state index in [1.54, 1.807) is 42.6 Å². The fraction of sp³-hybridized carbons (Fsp3) is 0.0870. The van der Waals surface area contributed by atoms with Crippen LogP contribution in [0, 0.1) is 12.7 Å². The molecule has 8 heteroatoms. The zero-order valence-corrected chi connectivity index (χ0v) is 16.6. The van der Waals surface area contributed by atoms with E-state index in [1.807, 2.05) is 13.0 Å². The van der Waals surface area contributed by atoms with E-state index >= 15 is 0 Å². The monoisotopic (exact) mass is 418 g/mol. The first-order valence-corrected chi connectivity index (χ1v) is 9.52. The molecule has 2 amide bonds. The predicted octanol–water partition coefficient (Wildman–Crippen LogP) is 4.37. The standard InChI is InChI=1S/C23H19FN4O3/c1-15-5-10-21-25-19(12-22(29)28(21)13-15)14-31-20-8-6-17(7-9-20)26-23(30)27-18-4-2-3-16(24)11-18/h2-13H,14H2,1H3,(H2,26,27,30). The summed E-state index contributed by atoms with van der Waals surface area (Å²) in [4.78, 5) is 28.7. The third-order valence-electron chi connectivity index (χ3n) is 4.44. The quantitative estimate of drug-likeness (QED) is 0.504. The Bertz CT molecular complexity index is 1300. The van der Waals surface area contributed by atoms with Crippen molar-refractivity contribution in [3.05, 3.63) is 100 Å². The molecule has 2 N–H and O–H groups in total. The van der Waals surface area contributed by atoms with E-state index in [0.717, 1.165) is 5.56 Å². The van der Waals surface area contributed by atoms with E-state index in [9.17, 15) is 14.0 Å². The molecule has 4 rings (SSSR count). The summed E-state index contributed by atoms with van der Waals surface area (Å²) in [6.45, 7) is 2.04. The molecular weight excluding hydrogens is 399 g/mol. The summed E-state index contributed by atoms with van der Waals surface area (Å²) >= 11 is 0. The van der Waals surface area contributed by atoms with Gasteiger partial charge in [-0.25, -0.2) is 14.2 Å². The molecule has 0 aliphatic heterocycles. The van der Waals surface area contributed by atoms with Crippen molar-refractivity contribution in [3.63, 3.8) is 0 Å². The second kappa shape index (κ2) is 8.66. The molecule has 2 heterocycles. The van der Waals surface area contributed by atoms with Crippen LogP contribution in [0.5, 0.6) is 5.75 Å². The van der Waals surface area contributed by atoms with E-state index in [2.05, 4.69) is 15.6 Å². The highest BCUT2D eigenvalue weighted by atomic mass is 19.1. The molecule has 2 aromatic carbocycles. The molecule has 0 saturated carbocycles. The number of fused-ring (bicyclic) bond motifs is 1. The van der Waals surface area contributed by atoms with Crippen LogP contribution in [0.1, 0.15) is 11.3 Å². The number of hydrogen-bond acceptors (Lipinski definition) is 4. The van der Waals surface area contributed by atoms with Gasteiger partial charge in [-0.15, -0.1) is 0 Å². The van der Waals surface area contributed by atoms with Gasteiger partial charge in [-0.2, -0.15) is 0 Å². The number of rotatable bonds is 5. The van der Waals surface area contributed by atoms with Crippen molar-refractivity contribution in [1.82, 2.24) is 9.38 Å². The zero-order valence-electron chi connectivity index (χ0n) is 16.6. The Morgan fingerprint density at radius 2 is 1.81 bits per heavy atom. The Morgan fingerprint density at radius 3 is 2.58 bits per heavy atom. The minimum atomic E-state index is -0.490. The Hall–Kier alpha value is -4.20. The number of nitrogens with zero attached hydrogens (tertiary/aromatic N) is 2. The Labute approximate surface area is 177 Å². The first kappa shape index (κ1) is 20.1. The lowest BCUT2D eigenvalue weighted by Crippen LogP contribution is -2.19. The SMILES string of the molecule is Cc1ccc2nc(COc3ccc(NC(=O)Nc4cccc(F)c4)cc3)cc(=O)n2c1. The number of amides is 2. The largest absolute Gasteiger partial charge is 0.487 e. The van der Waals surface area contributed by atoms with Crippen LogP contribution in [0.4, 0.5) is 20.6 Å². The number of anilines is 2. The smallest absolute Gasteiger partial charge is 0.323 e. The van der Waals surface area contributed by atoms with E-state index in [4.69, 9.17) is 4.74 Å². The molecule has 0 radical (unpaired) electrons. The summed E-state index contributed by atoms with van der Waals surface area (Å²) in [5, 5.41) is 5.21. The summed E-state index contributed by atoms with van der Waals surface area (Å²) in [7, 11) is 0. The van der Waals surface area contributed by atoms with E-state index in [-0.39, 0.29) is 12.2 Å². The molecule has 0 bridgehead atoms. The molecule has 156 valence electrons. The number of carbonyl (C=O) groups excluding carboxylic acids is 1. The van der Waals surface area contributed by atoms with E-state index < -0.39 is 11.8 Å². The number of aryl methyl sites for hydroxylation is 1. The van der Waals surface area contributed by atoms with Crippen LogP contribution in [0.2, 0.25) is 0 Å². The van der Waals surface area contributed by atoms with Crippen LogP contribution in [-0.2, 0) is 6.61 Å². The van der Waals surface area contributed by atoms with Crippen molar-refractivity contribution in [2.75, 3.05) is 10.6 Å². The lowest BCUT2D eigenvalue weighted by Gasteiger charge is -2.10. The summed E-state index contributed by atoms with van der Waals surface area (Å²) < 4.78 is 20.4. The van der Waals surface area contributed by atoms with Gasteiger partial charge in [-0.05, 0) is 61.0 Å². The Morgan fingerprint density at radius 1 is 1.03 bits per heavy atom. The van der Waals surface area contributed by atoms with Gasteiger partial charge in [-0.3, -0.25) is 9.20 Å². The Kier molecular flexibility index (Phi) is 5.61. The third kappa shape index (κ3) is 5.05. The van der Waals surface area contributed by atoms with Crippen LogP contribution < -0.4 is 20.9 Å². The predicted molar refractivity (Wildman–Crippen MR) is 116 cm³/mol. The highest BCUT2D eigenvalue weighted by Gasteiger charge is 2.06. The van der Waals surface area contributed by atoms with Gasteiger partial charge in [0, 0.05) is 23.6 Å². The van der Waals surface area contributed by atoms with Crippen molar-refractivity contribution in [3.8, 4) is 5.75 Å². The summed E-state index contributed by atoms with van der Waals surface area (Å²) in [5.41, 5.74) is 2.77. The molecule has 7 nitrogen and oxygen atoms in total. The van der Waals surface area contributed by atoms with Crippen LogP contribution in [0.15, 0.2) is 77.7 Å². The lowest BCUT2D eigenvalue weighted by molar-refractivity contribution is 0.262. The molecule has 0 unspecified atom stereocenters. The second-order valence-electron chi connectivity index (χ2n) is 6.92. The second-order valence-corrected chi connectivity index (χ2v) is 6.92. The lowest BCUT2D eigenvalue weighted by atomic mass is 10.3. The molecule has 0 atom stereocenters. The van der Waals surface area contributed by atoms with Gasteiger partial charge >= 0.3 is 6.03 Å². The molecule has 0 aliphatic carbocycles. The normalized spacial score (nSPS) is 10.6. The molecular formula is C23H19FN4O3. The number of carbonyl (C=O) groups is 1. The average Bonchev–Trinajstić information content (AvgIpc) is 2.74. The van der Waals surface area contributed by atoms with E-state index in [0.29, 0.717) is 28.5 Å². The summed E-state index contributed by atoms with van der Waals surface area (Å²) in [5.74, 6) is 0.125. The number of ether oxygens (including phenoxy) is 1. The number of pyridine rings is 1. The maximum Gasteiger partial charge on any atom is 0.323 e. The van der Waals surface area contributed by atoms with Gasteiger partial charge < -0.3 is 15.4 Å². The summed E-state index contributed by atoms with van der Waals surface area (Å²) in [6, 6.07) is 17.0. The van der Waals surface area contributed by atoms with E-state index in [1.165, 1.54) is 28.7 Å². The third-order valence-corrected chi connectivity index (χ3v) is 4.44. The number of aromatic nitrogens is 2. The van der Waals surface area contributed by atoms with Crippen molar-refractivity contribution < 1.29 is 13.9 Å². The molecule has 0 aliphatic rings. The minimum absolute atomic E-state index is 0.131. The number of hydrogen-bond donors (Lipinski definition) is 2. The van der Waals surface area contributed by atoms with Crippen LogP contribution in [-0.4, -0.2) is 15.4 Å². The van der Waals surface area contributed by atoms with Gasteiger partial charge in [0.25, 0.3) is 5.56 Å². The Balaban J connectivity index is 1.36. The van der Waals surface area contributed by atoms with Gasteiger partial charge in [0.05, 0.1) is 5.69 Å². The number of nitrogens with one attached hydrogen (secondary N) is 2. The average molecular weight is 418 g/mol. The molecule has 31 heavy (non-hydrogen) atoms. The van der Waals surface area contributed by atoms with Crippen LogP contribution in [0.25, 0.3) is 5.65 Å². The number of urea groups is 1. The van der Waals surface area contributed by atoms with Crippen molar-refractivity contribution in [2.24, 2.45) is 0 Å². The maximum absolute atomic E-state index is 13.2. The molecule has 0 fully saturated rings. The van der Waals surface area contributed by atoms with Crippen LogP contribution >= 0.6 is 0 Å². The minimum Gasteiger partial charge on any atom is -0.487 e. The molecule has 0 spiro atoms. The van der Waals surface area contributed by atoms with Crippen molar-refractivity contribution in [2.45, 2.75) is 13.5 Å². The van der Waals surface area contributed by atoms with Gasteiger partial charge in [0.1, 0.15) is 23.8 Å². The molecule has 0 saturated heterocycles. The van der Waals surface area contributed by atoms with Gasteiger partial charge in [-0.1, -0.05) is 12.1 Å². The highest BCUT2D eigenvalue weighted by molar-refractivity contribution is 5.99. The molecule has 2 aromatic heterocycles. The highest BCUT2D eigenvalue weighted by Crippen LogP contribution is 2.17. The van der Waals surface area contributed by atoms with Crippen molar-refractivity contribution in [1.29, 1.82) is 0 Å². The number of benzene rings is 2. The zero-order chi connectivity index (χ0) is 21.8. The van der Waals surface area contributed by atoms with Gasteiger partial charge in [0.15, 0.2) is 0 Å². The van der Waals surface area contributed by atoms with Gasteiger partial charge in [0.2, 0.25) is 0 Å². The topological polar surface area (TPSA) is 84.7 Å². The fourth-order valence-electron chi connectivity index (χ4n) is 2.98. The maximum atomic E-state index is 13.2. The van der Waals surface area contributed by atoms with Crippen LogP contribution in [0.3, 0.4) is 0 Å². The summed E-state index contributed by atoms with van der Waals surface area (Å²) in [6.07, 6.45) is 1.74. The fourth-order valence-corrected chi connectivity index (χ4v) is 2.98.